The average Bonchev–Trinajstić information content (AvgIpc) is 3.03. The number of amides is 1. The molecular weight excluding hydrogens is 281 g/mol. The summed E-state index contributed by atoms with van der Waals surface area (Å²) in [5, 5.41) is 6.95. The molecule has 1 aliphatic heterocycles. The van der Waals surface area contributed by atoms with E-state index >= 15 is 0 Å². The van der Waals surface area contributed by atoms with E-state index in [1.807, 2.05) is 11.0 Å². The van der Waals surface area contributed by atoms with E-state index in [1.165, 1.54) is 12.1 Å². The fourth-order valence-electron chi connectivity index (χ4n) is 3.06. The zero-order valence-electron chi connectivity index (χ0n) is 12.5. The van der Waals surface area contributed by atoms with Gasteiger partial charge in [-0.1, -0.05) is 12.1 Å². The summed E-state index contributed by atoms with van der Waals surface area (Å²) in [4.78, 5) is 14.4. The number of carbonyl (C=O) groups excluding carboxylic acids is 1. The van der Waals surface area contributed by atoms with Gasteiger partial charge in [-0.2, -0.15) is 5.10 Å². The van der Waals surface area contributed by atoms with Crippen LogP contribution < -0.4 is 0 Å². The van der Waals surface area contributed by atoms with Crippen LogP contribution >= 0.6 is 0 Å². The van der Waals surface area contributed by atoms with Crippen LogP contribution in [0.1, 0.15) is 24.1 Å². The molecule has 3 rings (SSSR count). The van der Waals surface area contributed by atoms with Crippen molar-refractivity contribution < 1.29 is 9.18 Å². The van der Waals surface area contributed by atoms with Gasteiger partial charge in [-0.15, -0.1) is 0 Å². The highest BCUT2D eigenvalue weighted by Gasteiger charge is 2.24. The van der Waals surface area contributed by atoms with E-state index in [-0.39, 0.29) is 11.7 Å². The monoisotopic (exact) mass is 301 g/mol. The van der Waals surface area contributed by atoms with Crippen LogP contribution in [0.5, 0.6) is 0 Å². The van der Waals surface area contributed by atoms with Gasteiger partial charge in [0.05, 0.1) is 6.42 Å². The standard InChI is InChI=1S/C17H20FN3O/c18-15-5-3-13(4-6-15)11-17(22)21-9-1-2-14(12-21)10-16-7-8-19-20-16/h3-8,14H,1-2,9-12H2,(H,19,20)/t14-/m1/s1. The van der Waals surface area contributed by atoms with Gasteiger partial charge < -0.3 is 4.90 Å². The first-order valence-corrected chi connectivity index (χ1v) is 7.71. The molecule has 0 saturated carbocycles. The lowest BCUT2D eigenvalue weighted by Crippen LogP contribution is -2.41. The Kier molecular flexibility index (Phi) is 4.51. The second kappa shape index (κ2) is 6.73. The number of carbonyl (C=O) groups is 1. The summed E-state index contributed by atoms with van der Waals surface area (Å²) in [7, 11) is 0. The Labute approximate surface area is 129 Å². The summed E-state index contributed by atoms with van der Waals surface area (Å²) in [5.74, 6) is 0.334. The van der Waals surface area contributed by atoms with E-state index in [2.05, 4.69) is 10.2 Å². The van der Waals surface area contributed by atoms with Crippen molar-refractivity contribution in [3.05, 3.63) is 53.6 Å². The molecule has 1 amide bonds. The van der Waals surface area contributed by atoms with Crippen molar-refractivity contribution >= 4 is 5.91 Å². The Balaban J connectivity index is 1.56. The summed E-state index contributed by atoms with van der Waals surface area (Å²) in [6.45, 7) is 1.61. The number of hydrogen-bond acceptors (Lipinski definition) is 2. The summed E-state index contributed by atoms with van der Waals surface area (Å²) in [6.07, 6.45) is 5.21. The Morgan fingerprint density at radius 3 is 2.86 bits per heavy atom. The maximum absolute atomic E-state index is 12.9. The number of H-pyrrole nitrogens is 1. The first kappa shape index (κ1) is 14.8. The smallest absolute Gasteiger partial charge is 0.226 e. The van der Waals surface area contributed by atoms with Gasteiger partial charge in [-0.05, 0) is 48.9 Å². The highest BCUT2D eigenvalue weighted by molar-refractivity contribution is 5.78. The molecule has 4 nitrogen and oxygen atoms in total. The van der Waals surface area contributed by atoms with Crippen molar-refractivity contribution in [2.24, 2.45) is 5.92 Å². The summed E-state index contributed by atoms with van der Waals surface area (Å²) >= 11 is 0. The van der Waals surface area contributed by atoms with Gasteiger partial charge in [0.15, 0.2) is 0 Å². The van der Waals surface area contributed by atoms with Crippen molar-refractivity contribution in [1.82, 2.24) is 15.1 Å². The van der Waals surface area contributed by atoms with E-state index in [1.54, 1.807) is 18.3 Å². The topological polar surface area (TPSA) is 49.0 Å². The van der Waals surface area contributed by atoms with E-state index < -0.39 is 0 Å². The SMILES string of the molecule is O=C(Cc1ccc(F)cc1)N1CCC[C@H](Cc2ccn[nH]2)C1. The number of rotatable bonds is 4. The molecule has 0 spiro atoms. The minimum atomic E-state index is -0.270. The van der Waals surface area contributed by atoms with Crippen LogP contribution in [0.4, 0.5) is 4.39 Å². The van der Waals surface area contributed by atoms with Gasteiger partial charge >= 0.3 is 0 Å². The Morgan fingerprint density at radius 1 is 1.32 bits per heavy atom. The molecule has 5 heteroatoms. The zero-order valence-corrected chi connectivity index (χ0v) is 12.5. The number of nitrogens with zero attached hydrogens (tertiary/aromatic N) is 2. The molecule has 1 N–H and O–H groups in total. The molecule has 22 heavy (non-hydrogen) atoms. The quantitative estimate of drug-likeness (QED) is 0.943. The van der Waals surface area contributed by atoms with Crippen molar-refractivity contribution in [3.8, 4) is 0 Å². The molecule has 116 valence electrons. The molecule has 0 aliphatic carbocycles. The first-order chi connectivity index (χ1) is 10.7. The van der Waals surface area contributed by atoms with Crippen LogP contribution in [0, 0.1) is 11.7 Å². The largest absolute Gasteiger partial charge is 0.342 e. The minimum Gasteiger partial charge on any atom is -0.342 e. The molecule has 2 heterocycles. The van der Waals surface area contributed by atoms with Crippen LogP contribution in [0.3, 0.4) is 0 Å². The van der Waals surface area contributed by atoms with Crippen molar-refractivity contribution in [2.45, 2.75) is 25.7 Å². The fraction of sp³-hybridized carbons (Fsp3) is 0.412. The predicted molar refractivity (Wildman–Crippen MR) is 81.7 cm³/mol. The average molecular weight is 301 g/mol. The minimum absolute atomic E-state index is 0.126. The summed E-state index contributed by atoms with van der Waals surface area (Å²) in [6, 6.07) is 8.15. The maximum Gasteiger partial charge on any atom is 0.226 e. The maximum atomic E-state index is 12.9. The highest BCUT2D eigenvalue weighted by Crippen LogP contribution is 2.20. The van der Waals surface area contributed by atoms with Crippen LogP contribution in [0.2, 0.25) is 0 Å². The number of piperidine rings is 1. The second-order valence-corrected chi connectivity index (χ2v) is 5.94. The molecule has 1 saturated heterocycles. The molecule has 0 unspecified atom stereocenters. The molecular formula is C17H20FN3O. The number of likely N-dealkylation sites (tertiary alicyclic amines) is 1. The molecule has 2 aromatic rings. The van der Waals surface area contributed by atoms with Gasteiger partial charge in [-0.25, -0.2) is 4.39 Å². The Morgan fingerprint density at radius 2 is 2.14 bits per heavy atom. The number of aromatic amines is 1. The predicted octanol–water partition coefficient (Wildman–Crippen LogP) is 2.57. The Hall–Kier alpha value is -2.17. The summed E-state index contributed by atoms with van der Waals surface area (Å²) in [5.41, 5.74) is 1.99. The van der Waals surface area contributed by atoms with Gasteiger partial charge in [-0.3, -0.25) is 9.89 Å². The normalized spacial score (nSPS) is 18.4. The van der Waals surface area contributed by atoms with Crippen molar-refractivity contribution in [2.75, 3.05) is 13.1 Å². The molecule has 1 aromatic carbocycles. The van der Waals surface area contributed by atoms with E-state index in [4.69, 9.17) is 0 Å². The number of nitrogens with one attached hydrogen (secondary N) is 1. The van der Waals surface area contributed by atoms with Gasteiger partial charge in [0.1, 0.15) is 5.82 Å². The van der Waals surface area contributed by atoms with E-state index in [9.17, 15) is 9.18 Å². The lowest BCUT2D eigenvalue weighted by Gasteiger charge is -2.32. The third kappa shape index (κ3) is 3.72. The van der Waals surface area contributed by atoms with Gasteiger partial charge in [0.2, 0.25) is 5.91 Å². The molecule has 0 radical (unpaired) electrons. The molecule has 1 fully saturated rings. The number of benzene rings is 1. The van der Waals surface area contributed by atoms with E-state index in [0.29, 0.717) is 12.3 Å². The van der Waals surface area contributed by atoms with Crippen molar-refractivity contribution in [3.63, 3.8) is 0 Å². The van der Waals surface area contributed by atoms with Crippen molar-refractivity contribution in [1.29, 1.82) is 0 Å². The van der Waals surface area contributed by atoms with Gasteiger partial charge in [0, 0.05) is 25.0 Å². The lowest BCUT2D eigenvalue weighted by atomic mass is 9.93. The van der Waals surface area contributed by atoms with Crippen LogP contribution in [0.25, 0.3) is 0 Å². The molecule has 1 aliphatic rings. The molecule has 1 aromatic heterocycles. The number of hydrogen-bond donors (Lipinski definition) is 1. The molecule has 0 bridgehead atoms. The van der Waals surface area contributed by atoms with Gasteiger partial charge in [0.25, 0.3) is 0 Å². The fourth-order valence-corrected chi connectivity index (χ4v) is 3.06. The Bertz CT molecular complexity index is 609. The lowest BCUT2D eigenvalue weighted by molar-refractivity contribution is -0.132. The number of aromatic nitrogens is 2. The third-order valence-corrected chi connectivity index (χ3v) is 4.21. The van der Waals surface area contributed by atoms with Crippen LogP contribution in [-0.2, 0) is 17.6 Å². The van der Waals surface area contributed by atoms with Crippen LogP contribution in [0.15, 0.2) is 36.5 Å². The summed E-state index contributed by atoms with van der Waals surface area (Å²) < 4.78 is 12.9. The third-order valence-electron chi connectivity index (χ3n) is 4.21. The highest BCUT2D eigenvalue weighted by atomic mass is 19.1. The zero-order chi connectivity index (χ0) is 15.4. The van der Waals surface area contributed by atoms with E-state index in [0.717, 1.165) is 43.6 Å². The first-order valence-electron chi connectivity index (χ1n) is 7.71. The second-order valence-electron chi connectivity index (χ2n) is 5.94. The van der Waals surface area contributed by atoms with Crippen LogP contribution in [-0.4, -0.2) is 34.1 Å². The molecule has 1 atom stereocenters. The number of halogens is 1.